The molecule has 4 aromatic rings. The van der Waals surface area contributed by atoms with Crippen molar-refractivity contribution in [2.24, 2.45) is 0 Å². The molecule has 1 spiro atoms. The Kier molecular flexibility index (Phi) is 3.68. The highest BCUT2D eigenvalue weighted by Crippen LogP contribution is 2.57. The van der Waals surface area contributed by atoms with Crippen LogP contribution >= 0.6 is 11.6 Å². The summed E-state index contributed by atoms with van der Waals surface area (Å²) < 4.78 is 6.65. The Morgan fingerprint density at radius 1 is 0.800 bits per heavy atom. The lowest BCUT2D eigenvalue weighted by Crippen LogP contribution is -2.45. The van der Waals surface area contributed by atoms with E-state index in [1.54, 1.807) is 6.08 Å². The molecule has 2 aliphatic rings. The second-order valence-electron chi connectivity index (χ2n) is 7.81. The summed E-state index contributed by atoms with van der Waals surface area (Å²) in [6, 6.07) is 28.1. The Morgan fingerprint density at radius 3 is 2.43 bits per heavy atom. The van der Waals surface area contributed by atoms with Gasteiger partial charge in [-0.25, -0.2) is 0 Å². The molecule has 1 aliphatic heterocycles. The third-order valence-electron chi connectivity index (χ3n) is 6.24. The molecule has 0 bridgehead atoms. The van der Waals surface area contributed by atoms with Crippen LogP contribution in [0.2, 0.25) is 5.02 Å². The molecule has 0 fully saturated rings. The maximum Gasteiger partial charge on any atom is 0.207 e. The van der Waals surface area contributed by atoms with Gasteiger partial charge in [0.1, 0.15) is 5.75 Å². The average molecular weight is 409 g/mol. The number of ketones is 1. The summed E-state index contributed by atoms with van der Waals surface area (Å²) in [5.41, 5.74) is 2.83. The van der Waals surface area contributed by atoms with Crippen molar-refractivity contribution in [3.05, 3.63) is 118 Å². The molecule has 2 nitrogen and oxygen atoms in total. The summed E-state index contributed by atoms with van der Waals surface area (Å²) in [7, 11) is 0. The highest BCUT2D eigenvalue weighted by Gasteiger charge is 2.57. The molecule has 0 amide bonds. The van der Waals surface area contributed by atoms with Crippen molar-refractivity contribution in [3.8, 4) is 5.75 Å². The third-order valence-corrected chi connectivity index (χ3v) is 6.49. The van der Waals surface area contributed by atoms with Crippen molar-refractivity contribution in [2.75, 3.05) is 0 Å². The smallest absolute Gasteiger partial charge is 0.207 e. The van der Waals surface area contributed by atoms with Gasteiger partial charge in [-0.15, -0.1) is 0 Å². The highest BCUT2D eigenvalue weighted by molar-refractivity contribution is 6.30. The molecular weight excluding hydrogens is 392 g/mol. The first-order valence-electron chi connectivity index (χ1n) is 9.96. The van der Waals surface area contributed by atoms with E-state index in [0.29, 0.717) is 5.02 Å². The van der Waals surface area contributed by atoms with E-state index in [4.69, 9.17) is 16.3 Å². The van der Waals surface area contributed by atoms with E-state index in [1.165, 1.54) is 0 Å². The van der Waals surface area contributed by atoms with Crippen molar-refractivity contribution in [3.63, 3.8) is 0 Å². The lowest BCUT2D eigenvalue weighted by Gasteiger charge is -2.36. The van der Waals surface area contributed by atoms with Crippen LogP contribution in [0.15, 0.2) is 91.0 Å². The fourth-order valence-corrected chi connectivity index (χ4v) is 5.09. The van der Waals surface area contributed by atoms with E-state index in [-0.39, 0.29) is 11.7 Å². The summed E-state index contributed by atoms with van der Waals surface area (Å²) in [6.45, 7) is 0. The first kappa shape index (κ1) is 17.5. The van der Waals surface area contributed by atoms with Gasteiger partial charge >= 0.3 is 0 Å². The molecule has 0 saturated carbocycles. The minimum Gasteiger partial charge on any atom is -0.473 e. The van der Waals surface area contributed by atoms with E-state index in [2.05, 4.69) is 18.2 Å². The van der Waals surface area contributed by atoms with Gasteiger partial charge in [-0.1, -0.05) is 84.4 Å². The van der Waals surface area contributed by atoms with Crippen LogP contribution in [0.4, 0.5) is 0 Å². The first-order valence-corrected chi connectivity index (χ1v) is 10.3. The molecule has 0 radical (unpaired) electrons. The fraction of sp³-hybridized carbons (Fsp3) is 0.0741. The Bertz CT molecular complexity index is 1350. The number of carbonyl (C=O) groups is 1. The lowest BCUT2D eigenvalue weighted by atomic mass is 9.69. The van der Waals surface area contributed by atoms with Crippen molar-refractivity contribution in [2.45, 2.75) is 11.5 Å². The van der Waals surface area contributed by atoms with Crippen LogP contribution in [0.1, 0.15) is 28.2 Å². The molecule has 0 aromatic heterocycles. The first-order chi connectivity index (χ1) is 14.7. The summed E-state index contributed by atoms with van der Waals surface area (Å²) >= 11 is 6.19. The molecule has 3 heteroatoms. The highest BCUT2D eigenvalue weighted by atomic mass is 35.5. The molecule has 4 aromatic carbocycles. The zero-order valence-corrected chi connectivity index (χ0v) is 16.8. The molecular formula is C27H17ClO2. The van der Waals surface area contributed by atoms with Crippen LogP contribution in [-0.2, 0) is 10.4 Å². The molecule has 0 unspecified atom stereocenters. The van der Waals surface area contributed by atoms with Crippen molar-refractivity contribution in [1.82, 2.24) is 0 Å². The van der Waals surface area contributed by atoms with E-state index >= 15 is 0 Å². The minimum atomic E-state index is -1.13. The average Bonchev–Trinajstić information content (AvgIpc) is 3.14. The Labute approximate surface area is 179 Å². The zero-order valence-electron chi connectivity index (χ0n) is 16.0. The topological polar surface area (TPSA) is 26.3 Å². The predicted molar refractivity (Wildman–Crippen MR) is 120 cm³/mol. The summed E-state index contributed by atoms with van der Waals surface area (Å²) in [5, 5.41) is 2.90. The zero-order chi connectivity index (χ0) is 20.3. The van der Waals surface area contributed by atoms with Crippen LogP contribution in [0.25, 0.3) is 16.8 Å². The van der Waals surface area contributed by atoms with Crippen LogP contribution < -0.4 is 4.74 Å². The van der Waals surface area contributed by atoms with Gasteiger partial charge in [0.05, 0.1) is 5.92 Å². The molecule has 2 atom stereocenters. The van der Waals surface area contributed by atoms with Gasteiger partial charge in [-0.05, 0) is 46.2 Å². The SMILES string of the molecule is O=C1C=Cc2ccccc2[C@@]12Oc1ccc3ccccc3c1[C@@H]2c1ccc(Cl)cc1. The van der Waals surface area contributed by atoms with Gasteiger partial charge in [0, 0.05) is 16.1 Å². The van der Waals surface area contributed by atoms with Crippen molar-refractivity contribution in [1.29, 1.82) is 0 Å². The van der Waals surface area contributed by atoms with Crippen LogP contribution in [-0.4, -0.2) is 5.78 Å². The summed E-state index contributed by atoms with van der Waals surface area (Å²) in [5.74, 6) is 0.433. The van der Waals surface area contributed by atoms with Crippen LogP contribution in [0.5, 0.6) is 5.75 Å². The van der Waals surface area contributed by atoms with Gasteiger partial charge in [-0.2, -0.15) is 0 Å². The van der Waals surface area contributed by atoms with E-state index in [0.717, 1.165) is 38.8 Å². The number of fused-ring (bicyclic) bond motifs is 5. The molecule has 1 aliphatic carbocycles. The van der Waals surface area contributed by atoms with Crippen molar-refractivity contribution >= 4 is 34.2 Å². The van der Waals surface area contributed by atoms with Gasteiger partial charge in [-0.3, -0.25) is 4.79 Å². The number of halogens is 1. The van der Waals surface area contributed by atoms with Crippen LogP contribution in [0, 0.1) is 0 Å². The predicted octanol–water partition coefficient (Wildman–Crippen LogP) is 6.51. The monoisotopic (exact) mass is 408 g/mol. The third kappa shape index (κ3) is 2.28. The largest absolute Gasteiger partial charge is 0.473 e. The Hall–Kier alpha value is -3.36. The number of ether oxygens (including phenoxy) is 1. The number of benzene rings is 4. The molecule has 144 valence electrons. The Morgan fingerprint density at radius 2 is 1.57 bits per heavy atom. The van der Waals surface area contributed by atoms with Gasteiger partial charge < -0.3 is 4.74 Å². The number of hydrogen-bond acceptors (Lipinski definition) is 2. The van der Waals surface area contributed by atoms with Crippen molar-refractivity contribution < 1.29 is 9.53 Å². The second kappa shape index (κ2) is 6.32. The normalized spacial score (nSPS) is 21.5. The summed E-state index contributed by atoms with van der Waals surface area (Å²) in [4.78, 5) is 13.6. The minimum absolute atomic E-state index is 0.0403. The molecule has 0 N–H and O–H groups in total. The molecule has 1 heterocycles. The molecule has 30 heavy (non-hydrogen) atoms. The molecule has 0 saturated heterocycles. The quantitative estimate of drug-likeness (QED) is 0.359. The lowest BCUT2D eigenvalue weighted by molar-refractivity contribution is -0.130. The summed E-state index contributed by atoms with van der Waals surface area (Å²) in [6.07, 6.45) is 3.53. The Balaban J connectivity index is 1.72. The number of rotatable bonds is 1. The van der Waals surface area contributed by atoms with Crippen LogP contribution in [0.3, 0.4) is 0 Å². The standard InChI is InChI=1S/C27H17ClO2/c28-20-13-9-19(10-14-20)26-25-21-7-3-1-5-17(21)11-15-23(25)30-27(26)22-8-4-2-6-18(22)12-16-24(27)29/h1-16,26H/t26-,27+/m0/s1. The second-order valence-corrected chi connectivity index (χ2v) is 8.24. The van der Waals surface area contributed by atoms with Gasteiger partial charge in [0.25, 0.3) is 0 Å². The maximum atomic E-state index is 13.6. The van der Waals surface area contributed by atoms with Gasteiger partial charge in [0.2, 0.25) is 11.4 Å². The van der Waals surface area contributed by atoms with E-state index < -0.39 is 5.60 Å². The van der Waals surface area contributed by atoms with E-state index in [9.17, 15) is 4.79 Å². The molecule has 6 rings (SSSR count). The maximum absolute atomic E-state index is 13.6. The number of hydrogen-bond donors (Lipinski definition) is 0. The number of carbonyl (C=O) groups excluding carboxylic acids is 1. The van der Waals surface area contributed by atoms with Gasteiger partial charge in [0.15, 0.2) is 0 Å². The van der Waals surface area contributed by atoms with E-state index in [1.807, 2.05) is 72.8 Å². The fourth-order valence-electron chi connectivity index (χ4n) is 4.96.